The van der Waals surface area contributed by atoms with Crippen molar-refractivity contribution in [2.45, 2.75) is 6.61 Å². The van der Waals surface area contributed by atoms with Gasteiger partial charge in [-0.3, -0.25) is 4.79 Å². The molecule has 0 bridgehead atoms. The van der Waals surface area contributed by atoms with Crippen LogP contribution in [-0.2, 0) is 11.3 Å². The van der Waals surface area contributed by atoms with Gasteiger partial charge in [0, 0.05) is 29.7 Å². The normalized spacial score (nSPS) is 14.0. The van der Waals surface area contributed by atoms with Crippen LogP contribution in [-0.4, -0.2) is 42.2 Å². The summed E-state index contributed by atoms with van der Waals surface area (Å²) in [5.74, 6) is 0.449. The standard InChI is InChI=1S/C22H20N4O3S2/c27-21(15-2-1-3-18(10-15)29-12-17-13-30-14-23-17)24-16-4-5-19-20(11-16)31-22(25-19)26-6-8-28-9-7-26/h1-5,10-11,13-14H,6-9,12H2,(H,24,27). The highest BCUT2D eigenvalue weighted by molar-refractivity contribution is 7.22. The Morgan fingerprint density at radius 2 is 2.10 bits per heavy atom. The van der Waals surface area contributed by atoms with Gasteiger partial charge in [-0.15, -0.1) is 11.3 Å². The molecule has 0 spiro atoms. The van der Waals surface area contributed by atoms with Gasteiger partial charge >= 0.3 is 0 Å². The van der Waals surface area contributed by atoms with Crippen LogP contribution in [0.5, 0.6) is 5.75 Å². The third-order valence-corrected chi connectivity index (χ3v) is 6.60. The summed E-state index contributed by atoms with van der Waals surface area (Å²) in [6, 6.07) is 12.9. The van der Waals surface area contributed by atoms with E-state index >= 15 is 0 Å². The first-order valence-corrected chi connectivity index (χ1v) is 11.6. The van der Waals surface area contributed by atoms with Crippen molar-refractivity contribution in [1.29, 1.82) is 0 Å². The van der Waals surface area contributed by atoms with Gasteiger partial charge in [0.2, 0.25) is 0 Å². The van der Waals surface area contributed by atoms with E-state index in [1.54, 1.807) is 29.0 Å². The van der Waals surface area contributed by atoms with Crippen molar-refractivity contribution in [3.05, 3.63) is 64.6 Å². The number of carbonyl (C=O) groups excluding carboxylic acids is 1. The van der Waals surface area contributed by atoms with Gasteiger partial charge in [-0.05, 0) is 36.4 Å². The van der Waals surface area contributed by atoms with Crippen LogP contribution in [0.1, 0.15) is 16.1 Å². The molecule has 1 aliphatic heterocycles. The van der Waals surface area contributed by atoms with Crippen molar-refractivity contribution in [2.24, 2.45) is 0 Å². The molecule has 4 aromatic rings. The van der Waals surface area contributed by atoms with Gasteiger partial charge in [-0.1, -0.05) is 17.4 Å². The number of nitrogens with zero attached hydrogens (tertiary/aromatic N) is 3. The Labute approximate surface area is 187 Å². The molecule has 1 aliphatic rings. The summed E-state index contributed by atoms with van der Waals surface area (Å²) in [7, 11) is 0. The Bertz CT molecular complexity index is 1190. The number of carbonyl (C=O) groups is 1. The molecule has 9 heteroatoms. The van der Waals surface area contributed by atoms with Crippen LogP contribution in [0.3, 0.4) is 0 Å². The van der Waals surface area contributed by atoms with Gasteiger partial charge in [0.1, 0.15) is 12.4 Å². The molecule has 1 N–H and O–H groups in total. The first-order valence-electron chi connectivity index (χ1n) is 9.89. The topological polar surface area (TPSA) is 76.6 Å². The molecule has 0 unspecified atom stereocenters. The number of thiazole rings is 2. The first-order chi connectivity index (χ1) is 15.2. The summed E-state index contributed by atoms with van der Waals surface area (Å²) < 4.78 is 12.2. The fourth-order valence-electron chi connectivity index (χ4n) is 3.28. The van der Waals surface area contributed by atoms with Crippen LogP contribution in [0, 0.1) is 0 Å². The summed E-state index contributed by atoms with van der Waals surface area (Å²) in [5.41, 5.74) is 4.85. The molecule has 1 saturated heterocycles. The van der Waals surface area contributed by atoms with Gasteiger partial charge in [-0.2, -0.15) is 0 Å². The quantitative estimate of drug-likeness (QED) is 0.467. The zero-order valence-corrected chi connectivity index (χ0v) is 18.2. The van der Waals surface area contributed by atoms with Gasteiger partial charge in [0.15, 0.2) is 5.13 Å². The second-order valence-electron chi connectivity index (χ2n) is 7.03. The maximum absolute atomic E-state index is 12.8. The number of hydrogen-bond donors (Lipinski definition) is 1. The highest BCUT2D eigenvalue weighted by atomic mass is 32.1. The average Bonchev–Trinajstić information content (AvgIpc) is 3.48. The second-order valence-corrected chi connectivity index (χ2v) is 8.76. The molecule has 2 aromatic heterocycles. The number of morpholine rings is 1. The average molecular weight is 453 g/mol. The van der Waals surface area contributed by atoms with Gasteiger partial charge in [-0.25, -0.2) is 9.97 Å². The van der Waals surface area contributed by atoms with Crippen LogP contribution in [0.15, 0.2) is 53.4 Å². The van der Waals surface area contributed by atoms with E-state index in [9.17, 15) is 4.79 Å². The van der Waals surface area contributed by atoms with Gasteiger partial charge < -0.3 is 19.7 Å². The summed E-state index contributed by atoms with van der Waals surface area (Å²) >= 11 is 3.16. The van der Waals surface area contributed by atoms with E-state index in [4.69, 9.17) is 14.5 Å². The number of benzene rings is 2. The molecule has 0 radical (unpaired) electrons. The molecule has 1 amide bonds. The Kier molecular flexibility index (Phi) is 5.79. The summed E-state index contributed by atoms with van der Waals surface area (Å²) in [6.45, 7) is 3.53. The number of rotatable bonds is 6. The molecule has 7 nitrogen and oxygen atoms in total. The van der Waals surface area contributed by atoms with E-state index in [1.807, 2.05) is 35.7 Å². The minimum Gasteiger partial charge on any atom is -0.487 e. The van der Waals surface area contributed by atoms with E-state index in [0.717, 1.165) is 53.0 Å². The highest BCUT2D eigenvalue weighted by Crippen LogP contribution is 2.31. The van der Waals surface area contributed by atoms with E-state index in [2.05, 4.69) is 15.2 Å². The molecule has 0 atom stereocenters. The fourth-order valence-corrected chi connectivity index (χ4v) is 4.88. The van der Waals surface area contributed by atoms with Crippen LogP contribution in [0.2, 0.25) is 0 Å². The van der Waals surface area contributed by atoms with E-state index < -0.39 is 0 Å². The Morgan fingerprint density at radius 3 is 2.94 bits per heavy atom. The minimum absolute atomic E-state index is 0.184. The van der Waals surface area contributed by atoms with E-state index in [0.29, 0.717) is 17.9 Å². The SMILES string of the molecule is O=C(Nc1ccc2nc(N3CCOCC3)sc2c1)c1cccc(OCc2cscn2)c1. The third kappa shape index (κ3) is 4.68. The molecule has 5 rings (SSSR count). The summed E-state index contributed by atoms with van der Waals surface area (Å²) in [4.78, 5) is 23.9. The molecule has 31 heavy (non-hydrogen) atoms. The number of ether oxygens (including phenoxy) is 2. The van der Waals surface area contributed by atoms with Crippen molar-refractivity contribution in [3.63, 3.8) is 0 Å². The molecule has 158 valence electrons. The first kappa shape index (κ1) is 19.9. The minimum atomic E-state index is -0.184. The lowest BCUT2D eigenvalue weighted by molar-refractivity contribution is 0.102. The van der Waals surface area contributed by atoms with E-state index in [-0.39, 0.29) is 5.91 Å². The molecule has 0 aliphatic carbocycles. The predicted octanol–water partition coefficient (Wildman–Crippen LogP) is 4.42. The van der Waals surface area contributed by atoms with Crippen LogP contribution in [0.25, 0.3) is 10.2 Å². The molecular weight excluding hydrogens is 432 g/mol. The fraction of sp³-hybridized carbons (Fsp3) is 0.227. The van der Waals surface area contributed by atoms with Crippen molar-refractivity contribution in [2.75, 3.05) is 36.5 Å². The molecular formula is C22H20N4O3S2. The third-order valence-electron chi connectivity index (χ3n) is 4.88. The summed E-state index contributed by atoms with van der Waals surface area (Å²) in [6.07, 6.45) is 0. The number of aromatic nitrogens is 2. The Hall–Kier alpha value is -3.01. The Morgan fingerprint density at radius 1 is 1.19 bits per heavy atom. The Balaban J connectivity index is 1.27. The zero-order valence-electron chi connectivity index (χ0n) is 16.6. The van der Waals surface area contributed by atoms with Crippen molar-refractivity contribution in [1.82, 2.24) is 9.97 Å². The molecule has 0 saturated carbocycles. The van der Waals surface area contributed by atoms with Crippen molar-refractivity contribution >= 4 is 49.6 Å². The number of fused-ring (bicyclic) bond motifs is 1. The second kappa shape index (κ2) is 9.01. The molecule has 1 fully saturated rings. The van der Waals surface area contributed by atoms with Crippen LogP contribution >= 0.6 is 22.7 Å². The highest BCUT2D eigenvalue weighted by Gasteiger charge is 2.16. The van der Waals surface area contributed by atoms with Crippen LogP contribution < -0.4 is 15.0 Å². The number of hydrogen-bond acceptors (Lipinski definition) is 8. The maximum atomic E-state index is 12.8. The lowest BCUT2D eigenvalue weighted by atomic mass is 10.2. The van der Waals surface area contributed by atoms with Gasteiger partial charge in [0.25, 0.3) is 5.91 Å². The smallest absolute Gasteiger partial charge is 0.255 e. The summed E-state index contributed by atoms with van der Waals surface area (Å²) in [5, 5.41) is 5.91. The number of nitrogens with one attached hydrogen (secondary N) is 1. The molecule has 3 heterocycles. The van der Waals surface area contributed by atoms with Crippen LogP contribution in [0.4, 0.5) is 10.8 Å². The van der Waals surface area contributed by atoms with Crippen molar-refractivity contribution in [3.8, 4) is 5.75 Å². The lowest BCUT2D eigenvalue weighted by Gasteiger charge is -2.25. The number of anilines is 2. The van der Waals surface area contributed by atoms with Gasteiger partial charge in [0.05, 0.1) is 34.6 Å². The van der Waals surface area contributed by atoms with Crippen molar-refractivity contribution < 1.29 is 14.3 Å². The molecule has 2 aromatic carbocycles. The van der Waals surface area contributed by atoms with E-state index in [1.165, 1.54) is 11.3 Å². The monoisotopic (exact) mass is 452 g/mol. The maximum Gasteiger partial charge on any atom is 0.255 e. The zero-order chi connectivity index (χ0) is 21.0. The number of amides is 1. The largest absolute Gasteiger partial charge is 0.487 e. The predicted molar refractivity (Wildman–Crippen MR) is 123 cm³/mol. The lowest BCUT2D eigenvalue weighted by Crippen LogP contribution is -2.36.